The van der Waals surface area contributed by atoms with Crippen LogP contribution in [0.4, 0.5) is 8.78 Å². The van der Waals surface area contributed by atoms with Gasteiger partial charge in [0, 0.05) is 18.9 Å². The molecule has 2 nitrogen and oxygen atoms in total. The predicted molar refractivity (Wildman–Crippen MR) is 60.6 cm³/mol. The van der Waals surface area contributed by atoms with E-state index in [2.05, 4.69) is 4.98 Å². The zero-order valence-corrected chi connectivity index (χ0v) is 10.6. The molecule has 0 saturated carbocycles. The highest BCUT2D eigenvalue weighted by atomic mass is 127. The van der Waals surface area contributed by atoms with Crippen molar-refractivity contribution in [2.45, 2.75) is 13.0 Å². The highest BCUT2D eigenvalue weighted by Crippen LogP contribution is 2.27. The second-order valence-electron chi connectivity index (χ2n) is 2.24. The molecule has 0 aliphatic rings. The lowest BCUT2D eigenvalue weighted by Crippen LogP contribution is -2.03. The molecule has 0 bridgehead atoms. The van der Waals surface area contributed by atoms with E-state index in [-0.39, 0.29) is 11.3 Å². The van der Waals surface area contributed by atoms with Crippen molar-refractivity contribution in [3.8, 4) is 0 Å². The highest BCUT2D eigenvalue weighted by molar-refractivity contribution is 14.1. The van der Waals surface area contributed by atoms with Gasteiger partial charge in [0.05, 0.1) is 6.61 Å². The lowest BCUT2D eigenvalue weighted by Gasteiger charge is -2.08. The fourth-order valence-electron chi connectivity index (χ4n) is 0.856. The van der Waals surface area contributed by atoms with Gasteiger partial charge in [-0.25, -0.2) is 8.78 Å². The Hall–Kier alpha value is 0.430. The molecule has 0 aliphatic carbocycles. The van der Waals surface area contributed by atoms with Crippen molar-refractivity contribution in [1.82, 2.24) is 4.98 Å². The van der Waals surface area contributed by atoms with Gasteiger partial charge in [-0.1, -0.05) is 0 Å². The quantitative estimate of drug-likeness (QED) is 0.760. The zero-order valence-electron chi connectivity index (χ0n) is 6.27. The number of aliphatic hydroxyl groups is 1. The summed E-state index contributed by atoms with van der Waals surface area (Å²) < 4.78 is 26.1. The molecule has 0 saturated heterocycles. The van der Waals surface area contributed by atoms with Gasteiger partial charge in [-0.3, -0.25) is 4.98 Å². The van der Waals surface area contributed by atoms with Crippen molar-refractivity contribution < 1.29 is 13.9 Å². The smallest absolute Gasteiger partial charge is 0.280 e. The van der Waals surface area contributed by atoms with E-state index in [0.717, 1.165) is 3.57 Å². The van der Waals surface area contributed by atoms with Crippen LogP contribution in [0.15, 0.2) is 6.20 Å². The number of hydrogen-bond donors (Lipinski definition) is 1. The molecule has 1 heterocycles. The Morgan fingerprint density at radius 1 is 1.46 bits per heavy atom. The third-order valence-corrected chi connectivity index (χ3v) is 4.55. The molecule has 1 N–H and O–H groups in total. The maximum atomic E-state index is 12.3. The van der Waals surface area contributed by atoms with Crippen LogP contribution in [0.5, 0.6) is 0 Å². The maximum Gasteiger partial charge on any atom is 0.280 e. The fraction of sp³-hybridized carbons (Fsp3) is 0.286. The van der Waals surface area contributed by atoms with E-state index in [9.17, 15) is 8.78 Å². The van der Waals surface area contributed by atoms with Crippen LogP contribution in [-0.4, -0.2) is 10.1 Å². The minimum absolute atomic E-state index is 0.225. The molecule has 0 atom stereocenters. The summed E-state index contributed by atoms with van der Waals surface area (Å²) in [6.07, 6.45) is -1.25. The third kappa shape index (κ3) is 2.46. The molecule has 0 radical (unpaired) electrons. The van der Waals surface area contributed by atoms with E-state index in [1.807, 2.05) is 45.2 Å². The first-order valence-corrected chi connectivity index (χ1v) is 5.45. The van der Waals surface area contributed by atoms with Crippen molar-refractivity contribution in [1.29, 1.82) is 0 Å². The Labute approximate surface area is 101 Å². The van der Waals surface area contributed by atoms with Crippen molar-refractivity contribution in [3.05, 3.63) is 24.6 Å². The SMILES string of the molecule is OCc1c(C(F)F)ncc(I)c1I. The topological polar surface area (TPSA) is 33.1 Å². The molecule has 1 aromatic heterocycles. The Balaban J connectivity index is 3.30. The Morgan fingerprint density at radius 2 is 2.08 bits per heavy atom. The number of halogens is 4. The summed E-state index contributed by atoms with van der Waals surface area (Å²) >= 11 is 3.91. The van der Waals surface area contributed by atoms with E-state index in [1.54, 1.807) is 0 Å². The Morgan fingerprint density at radius 3 is 2.54 bits per heavy atom. The summed E-state index contributed by atoms with van der Waals surface area (Å²) in [5.74, 6) is 0. The van der Waals surface area contributed by atoms with Crippen LogP contribution >= 0.6 is 45.2 Å². The first kappa shape index (κ1) is 11.5. The van der Waals surface area contributed by atoms with Crippen LogP contribution in [0.3, 0.4) is 0 Å². The average molecular weight is 411 g/mol. The molecular formula is C7H5F2I2NO. The summed E-state index contributed by atoms with van der Waals surface area (Å²) in [6, 6.07) is 0. The third-order valence-electron chi connectivity index (χ3n) is 1.47. The van der Waals surface area contributed by atoms with E-state index in [0.29, 0.717) is 3.57 Å². The summed E-state index contributed by atoms with van der Waals surface area (Å²) in [5.41, 5.74) is -0.102. The van der Waals surface area contributed by atoms with Crippen LogP contribution in [0.1, 0.15) is 17.7 Å². The van der Waals surface area contributed by atoms with Crippen molar-refractivity contribution in [2.75, 3.05) is 0 Å². The summed E-state index contributed by atoms with van der Waals surface area (Å²) in [7, 11) is 0. The molecule has 0 unspecified atom stereocenters. The van der Waals surface area contributed by atoms with Gasteiger partial charge >= 0.3 is 0 Å². The number of nitrogens with zero attached hydrogens (tertiary/aromatic N) is 1. The molecule has 13 heavy (non-hydrogen) atoms. The van der Waals surface area contributed by atoms with Gasteiger partial charge in [0.15, 0.2) is 0 Å². The van der Waals surface area contributed by atoms with E-state index in [4.69, 9.17) is 5.11 Å². The lowest BCUT2D eigenvalue weighted by atomic mass is 10.2. The van der Waals surface area contributed by atoms with Crippen molar-refractivity contribution in [2.24, 2.45) is 0 Å². The molecule has 72 valence electrons. The fourth-order valence-corrected chi connectivity index (χ4v) is 1.91. The Kier molecular flexibility index (Phi) is 4.23. The van der Waals surface area contributed by atoms with Gasteiger partial charge < -0.3 is 5.11 Å². The normalized spacial score (nSPS) is 10.9. The number of hydrogen-bond acceptors (Lipinski definition) is 2. The van der Waals surface area contributed by atoms with Gasteiger partial charge in [-0.05, 0) is 45.2 Å². The molecule has 0 spiro atoms. The van der Waals surface area contributed by atoms with E-state index < -0.39 is 13.0 Å². The number of aliphatic hydroxyl groups excluding tert-OH is 1. The number of alkyl halides is 2. The van der Waals surface area contributed by atoms with Gasteiger partial charge in [0.1, 0.15) is 5.69 Å². The minimum Gasteiger partial charge on any atom is -0.392 e. The second-order valence-corrected chi connectivity index (χ2v) is 4.48. The summed E-state index contributed by atoms with van der Waals surface area (Å²) in [6.45, 7) is -0.401. The summed E-state index contributed by atoms with van der Waals surface area (Å²) in [4.78, 5) is 3.59. The average Bonchev–Trinajstić information content (AvgIpc) is 2.09. The first-order chi connectivity index (χ1) is 6.07. The van der Waals surface area contributed by atoms with Gasteiger partial charge in [0.25, 0.3) is 6.43 Å². The summed E-state index contributed by atoms with van der Waals surface area (Å²) in [5, 5.41) is 8.89. The van der Waals surface area contributed by atoms with Crippen LogP contribution in [0.25, 0.3) is 0 Å². The monoisotopic (exact) mass is 411 g/mol. The molecule has 0 aliphatic heterocycles. The number of aromatic nitrogens is 1. The van der Waals surface area contributed by atoms with Crippen molar-refractivity contribution >= 4 is 45.2 Å². The lowest BCUT2D eigenvalue weighted by molar-refractivity contribution is 0.141. The Bertz CT molecular complexity index is 320. The standard InChI is InChI=1S/C7H5F2I2NO/c8-7(9)6-3(2-13)5(11)4(10)1-12-6/h1,7,13H,2H2. The number of pyridine rings is 1. The number of rotatable bonds is 2. The second kappa shape index (κ2) is 4.78. The van der Waals surface area contributed by atoms with Gasteiger partial charge in [-0.2, -0.15) is 0 Å². The maximum absolute atomic E-state index is 12.3. The largest absolute Gasteiger partial charge is 0.392 e. The molecule has 6 heteroatoms. The highest BCUT2D eigenvalue weighted by Gasteiger charge is 2.17. The molecule has 1 rings (SSSR count). The van der Waals surface area contributed by atoms with Crippen LogP contribution in [0, 0.1) is 7.14 Å². The first-order valence-electron chi connectivity index (χ1n) is 3.29. The molecule has 1 aromatic rings. The zero-order chi connectivity index (χ0) is 10.0. The van der Waals surface area contributed by atoms with E-state index in [1.165, 1.54) is 6.20 Å². The predicted octanol–water partition coefficient (Wildman–Crippen LogP) is 2.72. The van der Waals surface area contributed by atoms with Gasteiger partial charge in [-0.15, -0.1) is 0 Å². The van der Waals surface area contributed by atoms with Crippen LogP contribution in [-0.2, 0) is 6.61 Å². The van der Waals surface area contributed by atoms with Crippen LogP contribution in [0.2, 0.25) is 0 Å². The van der Waals surface area contributed by atoms with Crippen LogP contribution < -0.4 is 0 Å². The van der Waals surface area contributed by atoms with E-state index >= 15 is 0 Å². The molecule has 0 aromatic carbocycles. The molecule has 0 fully saturated rings. The van der Waals surface area contributed by atoms with Crippen molar-refractivity contribution in [3.63, 3.8) is 0 Å². The molecular weight excluding hydrogens is 406 g/mol. The molecule has 0 amide bonds. The minimum atomic E-state index is -2.63. The van der Waals surface area contributed by atoms with Gasteiger partial charge in [0.2, 0.25) is 0 Å².